The van der Waals surface area contributed by atoms with E-state index in [1.165, 1.54) is 5.56 Å². The summed E-state index contributed by atoms with van der Waals surface area (Å²) in [6.07, 6.45) is 1.05. The summed E-state index contributed by atoms with van der Waals surface area (Å²) in [7, 11) is 0. The highest BCUT2D eigenvalue weighted by atomic mass is 35.5. The van der Waals surface area contributed by atoms with E-state index in [2.05, 4.69) is 12.1 Å². The molecule has 1 aromatic carbocycles. The number of hydrogen-bond donors (Lipinski definition) is 1. The lowest BCUT2D eigenvalue weighted by Gasteiger charge is -2.15. The minimum Gasteiger partial charge on any atom is -0.341 e. The number of benzene rings is 1. The molecule has 1 amide bonds. The maximum atomic E-state index is 11.4. The van der Waals surface area contributed by atoms with Gasteiger partial charge < -0.3 is 10.6 Å². The Morgan fingerprint density at radius 2 is 2.06 bits per heavy atom. The van der Waals surface area contributed by atoms with Crippen LogP contribution in [0.1, 0.15) is 17.9 Å². The van der Waals surface area contributed by atoms with Crippen molar-refractivity contribution in [2.75, 3.05) is 19.6 Å². The standard InChI is InChI=1S/C12H16N2O.ClH/c13-8-12(15)14-7-6-11(9-14)10-4-2-1-3-5-10;/h1-5,11H,6-9,13H2;1H. The van der Waals surface area contributed by atoms with Crippen molar-refractivity contribution in [1.29, 1.82) is 0 Å². The van der Waals surface area contributed by atoms with Gasteiger partial charge in [0.15, 0.2) is 0 Å². The quantitative estimate of drug-likeness (QED) is 0.849. The largest absolute Gasteiger partial charge is 0.341 e. The van der Waals surface area contributed by atoms with E-state index in [9.17, 15) is 4.79 Å². The smallest absolute Gasteiger partial charge is 0.236 e. The molecule has 0 spiro atoms. The van der Waals surface area contributed by atoms with Crippen molar-refractivity contribution >= 4 is 18.3 Å². The molecule has 1 saturated heterocycles. The zero-order valence-corrected chi connectivity index (χ0v) is 9.95. The highest BCUT2D eigenvalue weighted by Crippen LogP contribution is 2.26. The number of carbonyl (C=O) groups excluding carboxylic acids is 1. The Bertz CT molecular complexity index is 342. The van der Waals surface area contributed by atoms with E-state index in [4.69, 9.17) is 5.73 Å². The van der Waals surface area contributed by atoms with Gasteiger partial charge in [0, 0.05) is 19.0 Å². The first kappa shape index (κ1) is 13.0. The summed E-state index contributed by atoms with van der Waals surface area (Å²) >= 11 is 0. The van der Waals surface area contributed by atoms with Crippen LogP contribution in [0.4, 0.5) is 0 Å². The zero-order chi connectivity index (χ0) is 10.7. The predicted octanol–water partition coefficient (Wildman–Crippen LogP) is 1.38. The first-order valence-electron chi connectivity index (χ1n) is 5.34. The van der Waals surface area contributed by atoms with Crippen LogP contribution in [0.5, 0.6) is 0 Å². The first-order chi connectivity index (χ1) is 7.31. The lowest BCUT2D eigenvalue weighted by atomic mass is 9.99. The molecule has 0 aliphatic carbocycles. The molecule has 1 heterocycles. The van der Waals surface area contributed by atoms with Gasteiger partial charge in [0.25, 0.3) is 0 Å². The number of amides is 1. The van der Waals surface area contributed by atoms with Crippen molar-refractivity contribution in [3.05, 3.63) is 35.9 Å². The van der Waals surface area contributed by atoms with Gasteiger partial charge in [0.05, 0.1) is 6.54 Å². The summed E-state index contributed by atoms with van der Waals surface area (Å²) in [5.74, 6) is 0.551. The molecule has 0 aromatic heterocycles. The fourth-order valence-electron chi connectivity index (χ4n) is 2.11. The van der Waals surface area contributed by atoms with Crippen molar-refractivity contribution in [3.63, 3.8) is 0 Å². The molecule has 2 N–H and O–H groups in total. The van der Waals surface area contributed by atoms with Crippen LogP contribution in [-0.4, -0.2) is 30.4 Å². The van der Waals surface area contributed by atoms with E-state index in [1.807, 2.05) is 23.1 Å². The molecular weight excluding hydrogens is 224 g/mol. The predicted molar refractivity (Wildman–Crippen MR) is 66.7 cm³/mol. The molecule has 1 atom stereocenters. The number of likely N-dealkylation sites (tertiary alicyclic amines) is 1. The second-order valence-corrected chi connectivity index (χ2v) is 3.94. The number of rotatable bonds is 2. The molecule has 1 aliphatic heterocycles. The normalized spacial score (nSPS) is 19.3. The van der Waals surface area contributed by atoms with Crippen LogP contribution in [0.2, 0.25) is 0 Å². The molecule has 16 heavy (non-hydrogen) atoms. The molecule has 0 saturated carbocycles. The van der Waals surface area contributed by atoms with Gasteiger partial charge in [-0.15, -0.1) is 12.4 Å². The minimum absolute atomic E-state index is 0. The summed E-state index contributed by atoms with van der Waals surface area (Å²) in [6, 6.07) is 10.4. The second-order valence-electron chi connectivity index (χ2n) is 3.94. The molecule has 0 radical (unpaired) electrons. The Morgan fingerprint density at radius 1 is 1.38 bits per heavy atom. The lowest BCUT2D eigenvalue weighted by molar-refractivity contribution is -0.128. The van der Waals surface area contributed by atoms with Gasteiger partial charge in [-0.2, -0.15) is 0 Å². The van der Waals surface area contributed by atoms with E-state index in [0.29, 0.717) is 5.92 Å². The number of halogens is 1. The van der Waals surface area contributed by atoms with Crippen LogP contribution in [0.15, 0.2) is 30.3 Å². The van der Waals surface area contributed by atoms with Crippen molar-refractivity contribution in [3.8, 4) is 0 Å². The summed E-state index contributed by atoms with van der Waals surface area (Å²) < 4.78 is 0. The molecule has 4 heteroatoms. The van der Waals surface area contributed by atoms with Crippen LogP contribution < -0.4 is 5.73 Å². The summed E-state index contributed by atoms with van der Waals surface area (Å²) in [6.45, 7) is 1.79. The molecule has 1 aromatic rings. The van der Waals surface area contributed by atoms with Crippen LogP contribution in [0.25, 0.3) is 0 Å². The third kappa shape index (κ3) is 2.74. The number of nitrogens with zero attached hydrogens (tertiary/aromatic N) is 1. The third-order valence-corrected chi connectivity index (χ3v) is 2.99. The monoisotopic (exact) mass is 240 g/mol. The molecule has 1 unspecified atom stereocenters. The van der Waals surface area contributed by atoms with E-state index in [1.54, 1.807) is 0 Å². The van der Waals surface area contributed by atoms with Crippen molar-refractivity contribution in [1.82, 2.24) is 4.90 Å². The highest BCUT2D eigenvalue weighted by molar-refractivity contribution is 5.85. The lowest BCUT2D eigenvalue weighted by Crippen LogP contribution is -2.33. The number of hydrogen-bond acceptors (Lipinski definition) is 2. The average molecular weight is 241 g/mol. The van der Waals surface area contributed by atoms with Crippen LogP contribution in [0.3, 0.4) is 0 Å². The maximum absolute atomic E-state index is 11.4. The zero-order valence-electron chi connectivity index (χ0n) is 9.13. The fourth-order valence-corrected chi connectivity index (χ4v) is 2.11. The Kier molecular flexibility index (Phi) is 4.77. The van der Waals surface area contributed by atoms with E-state index in [0.717, 1.165) is 19.5 Å². The number of nitrogens with two attached hydrogens (primary N) is 1. The van der Waals surface area contributed by atoms with Crippen molar-refractivity contribution in [2.24, 2.45) is 5.73 Å². The molecule has 0 bridgehead atoms. The van der Waals surface area contributed by atoms with Gasteiger partial charge in [-0.1, -0.05) is 30.3 Å². The van der Waals surface area contributed by atoms with Gasteiger partial charge in [-0.25, -0.2) is 0 Å². The third-order valence-electron chi connectivity index (χ3n) is 2.99. The second kappa shape index (κ2) is 5.87. The van der Waals surface area contributed by atoms with Crippen molar-refractivity contribution < 1.29 is 4.79 Å². The summed E-state index contributed by atoms with van der Waals surface area (Å²) in [5.41, 5.74) is 6.67. The van der Waals surface area contributed by atoms with Gasteiger partial charge in [-0.05, 0) is 12.0 Å². The Morgan fingerprint density at radius 3 is 2.69 bits per heavy atom. The van der Waals surface area contributed by atoms with Crippen LogP contribution >= 0.6 is 12.4 Å². The molecule has 88 valence electrons. The van der Waals surface area contributed by atoms with E-state index < -0.39 is 0 Å². The van der Waals surface area contributed by atoms with Crippen molar-refractivity contribution in [2.45, 2.75) is 12.3 Å². The van der Waals surface area contributed by atoms with Gasteiger partial charge in [0.2, 0.25) is 5.91 Å². The SMILES string of the molecule is Cl.NCC(=O)N1CCC(c2ccccc2)C1. The maximum Gasteiger partial charge on any atom is 0.236 e. The van der Waals surface area contributed by atoms with E-state index in [-0.39, 0.29) is 24.9 Å². The number of carbonyl (C=O) groups is 1. The fraction of sp³-hybridized carbons (Fsp3) is 0.417. The Hall–Kier alpha value is -1.06. The minimum atomic E-state index is 0. The average Bonchev–Trinajstić information content (AvgIpc) is 2.78. The first-order valence-corrected chi connectivity index (χ1v) is 5.34. The van der Waals surface area contributed by atoms with Gasteiger partial charge in [-0.3, -0.25) is 4.79 Å². The highest BCUT2D eigenvalue weighted by Gasteiger charge is 2.26. The molecule has 2 rings (SSSR count). The van der Waals surface area contributed by atoms with Gasteiger partial charge >= 0.3 is 0 Å². The topological polar surface area (TPSA) is 46.3 Å². The van der Waals surface area contributed by atoms with Crippen LogP contribution in [0, 0.1) is 0 Å². The Balaban J connectivity index is 0.00000128. The van der Waals surface area contributed by atoms with E-state index >= 15 is 0 Å². The summed E-state index contributed by atoms with van der Waals surface area (Å²) in [4.78, 5) is 13.3. The molecule has 1 fully saturated rings. The molecule has 1 aliphatic rings. The molecule has 3 nitrogen and oxygen atoms in total. The van der Waals surface area contributed by atoms with Gasteiger partial charge in [0.1, 0.15) is 0 Å². The van der Waals surface area contributed by atoms with Crippen LogP contribution in [-0.2, 0) is 4.79 Å². The summed E-state index contributed by atoms with van der Waals surface area (Å²) in [5, 5.41) is 0. The molecular formula is C12H17ClN2O. The Labute approximate surface area is 102 Å².